The van der Waals surface area contributed by atoms with E-state index in [1.807, 2.05) is 4.90 Å². The summed E-state index contributed by atoms with van der Waals surface area (Å²) in [7, 11) is 0. The number of piperidine rings is 1. The van der Waals surface area contributed by atoms with E-state index >= 15 is 0 Å². The average molecular weight is 299 g/mol. The van der Waals surface area contributed by atoms with Crippen LogP contribution in [0.1, 0.15) is 30.5 Å². The van der Waals surface area contributed by atoms with E-state index in [0.717, 1.165) is 13.0 Å². The lowest BCUT2D eigenvalue weighted by atomic mass is 9.97. The predicted octanol–water partition coefficient (Wildman–Crippen LogP) is 2.26. The zero-order valence-electron chi connectivity index (χ0n) is 10.9. The van der Waals surface area contributed by atoms with Crippen molar-refractivity contribution in [1.29, 1.82) is 0 Å². The highest BCUT2D eigenvalue weighted by molar-refractivity contribution is 5.36. The number of alkyl halides is 3. The standard InChI is InChI=1S/C12H12F3N5O/c13-12(14,15)11-18-10(19-21-11)8-2-1-5-20(7-8)9-6-16-3-4-17-9/h3-4,6,8H,1-2,5,7H2. The van der Waals surface area contributed by atoms with Gasteiger partial charge in [-0.3, -0.25) is 4.98 Å². The highest BCUT2D eigenvalue weighted by atomic mass is 19.4. The number of hydrogen-bond donors (Lipinski definition) is 0. The molecule has 2 aromatic rings. The van der Waals surface area contributed by atoms with Crippen molar-refractivity contribution in [3.8, 4) is 0 Å². The molecule has 1 aliphatic rings. The molecule has 1 unspecified atom stereocenters. The fraction of sp³-hybridized carbons (Fsp3) is 0.500. The van der Waals surface area contributed by atoms with Crippen LogP contribution in [0.4, 0.5) is 19.0 Å². The van der Waals surface area contributed by atoms with Gasteiger partial charge in [0.15, 0.2) is 5.82 Å². The molecule has 6 nitrogen and oxygen atoms in total. The van der Waals surface area contributed by atoms with Crippen molar-refractivity contribution in [1.82, 2.24) is 20.1 Å². The van der Waals surface area contributed by atoms with E-state index < -0.39 is 12.1 Å². The molecule has 0 bridgehead atoms. The second-order valence-electron chi connectivity index (χ2n) is 4.80. The fourth-order valence-electron chi connectivity index (χ4n) is 2.37. The van der Waals surface area contributed by atoms with Crippen molar-refractivity contribution in [2.24, 2.45) is 0 Å². The highest BCUT2D eigenvalue weighted by Gasteiger charge is 2.39. The lowest BCUT2D eigenvalue weighted by Gasteiger charge is -2.31. The van der Waals surface area contributed by atoms with Gasteiger partial charge in [-0.25, -0.2) is 4.98 Å². The first-order valence-electron chi connectivity index (χ1n) is 6.46. The van der Waals surface area contributed by atoms with Crippen molar-refractivity contribution in [2.75, 3.05) is 18.0 Å². The molecule has 3 heterocycles. The van der Waals surface area contributed by atoms with E-state index in [9.17, 15) is 13.2 Å². The third-order valence-electron chi connectivity index (χ3n) is 3.34. The van der Waals surface area contributed by atoms with Crippen molar-refractivity contribution >= 4 is 5.82 Å². The molecule has 1 fully saturated rings. The van der Waals surface area contributed by atoms with Gasteiger partial charge in [0.25, 0.3) is 0 Å². The summed E-state index contributed by atoms with van der Waals surface area (Å²) in [5, 5.41) is 3.47. The number of rotatable bonds is 2. The topological polar surface area (TPSA) is 67.9 Å². The zero-order chi connectivity index (χ0) is 14.9. The normalized spacial score (nSPS) is 19.8. The first kappa shape index (κ1) is 13.8. The van der Waals surface area contributed by atoms with E-state index in [0.29, 0.717) is 18.8 Å². The molecule has 3 rings (SSSR count). The van der Waals surface area contributed by atoms with Gasteiger partial charge in [0.1, 0.15) is 5.82 Å². The van der Waals surface area contributed by atoms with Gasteiger partial charge in [0.2, 0.25) is 0 Å². The highest BCUT2D eigenvalue weighted by Crippen LogP contribution is 2.31. The van der Waals surface area contributed by atoms with Gasteiger partial charge in [0.05, 0.1) is 6.20 Å². The van der Waals surface area contributed by atoms with Crippen LogP contribution >= 0.6 is 0 Å². The molecule has 112 valence electrons. The maximum Gasteiger partial charge on any atom is 0.471 e. The Kier molecular flexibility index (Phi) is 3.48. The summed E-state index contributed by atoms with van der Waals surface area (Å²) in [4.78, 5) is 13.6. The monoisotopic (exact) mass is 299 g/mol. The molecule has 1 atom stereocenters. The number of nitrogens with zero attached hydrogens (tertiary/aromatic N) is 5. The maximum absolute atomic E-state index is 12.5. The predicted molar refractivity (Wildman–Crippen MR) is 65.5 cm³/mol. The van der Waals surface area contributed by atoms with Crippen LogP contribution in [0.15, 0.2) is 23.1 Å². The van der Waals surface area contributed by atoms with E-state index in [1.165, 1.54) is 0 Å². The summed E-state index contributed by atoms with van der Waals surface area (Å²) in [5.41, 5.74) is 0. The fourth-order valence-corrected chi connectivity index (χ4v) is 2.37. The van der Waals surface area contributed by atoms with E-state index in [4.69, 9.17) is 0 Å². The number of hydrogen-bond acceptors (Lipinski definition) is 6. The van der Waals surface area contributed by atoms with E-state index in [2.05, 4.69) is 24.6 Å². The van der Waals surface area contributed by atoms with Gasteiger partial charge < -0.3 is 9.42 Å². The van der Waals surface area contributed by atoms with Crippen LogP contribution in [0, 0.1) is 0 Å². The summed E-state index contributed by atoms with van der Waals surface area (Å²) < 4.78 is 41.7. The van der Waals surface area contributed by atoms with Gasteiger partial charge >= 0.3 is 12.1 Å². The molecule has 0 radical (unpaired) electrons. The second kappa shape index (κ2) is 5.30. The average Bonchev–Trinajstić information content (AvgIpc) is 2.98. The summed E-state index contributed by atoms with van der Waals surface area (Å²) >= 11 is 0. The zero-order valence-corrected chi connectivity index (χ0v) is 10.9. The third-order valence-corrected chi connectivity index (χ3v) is 3.34. The van der Waals surface area contributed by atoms with Gasteiger partial charge in [-0.2, -0.15) is 18.2 Å². The number of halogens is 3. The van der Waals surface area contributed by atoms with Crippen LogP contribution < -0.4 is 4.90 Å². The van der Waals surface area contributed by atoms with Gasteiger partial charge in [-0.1, -0.05) is 5.16 Å². The summed E-state index contributed by atoms with van der Waals surface area (Å²) in [5.74, 6) is -0.715. The molecule has 0 N–H and O–H groups in total. The lowest BCUT2D eigenvalue weighted by molar-refractivity contribution is -0.159. The van der Waals surface area contributed by atoms with Crippen LogP contribution in [0.5, 0.6) is 0 Å². The molecule has 0 saturated carbocycles. The summed E-state index contributed by atoms with van der Waals surface area (Å²) in [6.07, 6.45) is 1.70. The van der Waals surface area contributed by atoms with Crippen LogP contribution in [0.2, 0.25) is 0 Å². The minimum Gasteiger partial charge on any atom is -0.355 e. The Balaban J connectivity index is 1.76. The van der Waals surface area contributed by atoms with Crippen LogP contribution in [-0.4, -0.2) is 33.2 Å². The molecule has 0 aliphatic carbocycles. The first-order valence-corrected chi connectivity index (χ1v) is 6.46. The summed E-state index contributed by atoms with van der Waals surface area (Å²) in [6.45, 7) is 1.27. The Morgan fingerprint density at radius 3 is 2.81 bits per heavy atom. The minimum absolute atomic E-state index is 0.0934. The minimum atomic E-state index is -4.61. The molecular weight excluding hydrogens is 287 g/mol. The molecule has 0 spiro atoms. The van der Waals surface area contributed by atoms with Crippen molar-refractivity contribution in [3.05, 3.63) is 30.3 Å². The second-order valence-corrected chi connectivity index (χ2v) is 4.80. The quantitative estimate of drug-likeness (QED) is 0.847. The Labute approximate surface area is 118 Å². The molecular formula is C12H12F3N5O. The molecule has 2 aromatic heterocycles. The molecule has 1 saturated heterocycles. The Morgan fingerprint density at radius 2 is 2.14 bits per heavy atom. The largest absolute Gasteiger partial charge is 0.471 e. The number of anilines is 1. The first-order chi connectivity index (χ1) is 10.0. The lowest BCUT2D eigenvalue weighted by Crippen LogP contribution is -2.35. The SMILES string of the molecule is FC(F)(F)c1nc(C2CCCN(c3cnccn3)C2)no1. The van der Waals surface area contributed by atoms with Crippen molar-refractivity contribution in [3.63, 3.8) is 0 Å². The molecule has 9 heteroatoms. The van der Waals surface area contributed by atoms with Crippen LogP contribution in [0.3, 0.4) is 0 Å². The Bertz CT molecular complexity index is 600. The Morgan fingerprint density at radius 1 is 1.29 bits per heavy atom. The molecule has 0 aromatic carbocycles. The smallest absolute Gasteiger partial charge is 0.355 e. The van der Waals surface area contributed by atoms with Gasteiger partial charge in [-0.15, -0.1) is 0 Å². The third kappa shape index (κ3) is 2.96. The van der Waals surface area contributed by atoms with Gasteiger partial charge in [0, 0.05) is 31.4 Å². The number of aromatic nitrogens is 4. The molecule has 1 aliphatic heterocycles. The van der Waals surface area contributed by atoms with Crippen molar-refractivity contribution in [2.45, 2.75) is 24.9 Å². The van der Waals surface area contributed by atoms with Crippen LogP contribution in [0.25, 0.3) is 0 Å². The maximum atomic E-state index is 12.5. The van der Waals surface area contributed by atoms with Crippen LogP contribution in [-0.2, 0) is 6.18 Å². The molecule has 21 heavy (non-hydrogen) atoms. The summed E-state index contributed by atoms with van der Waals surface area (Å²) in [6, 6.07) is 0. The Hall–Kier alpha value is -2.19. The van der Waals surface area contributed by atoms with E-state index in [-0.39, 0.29) is 11.7 Å². The van der Waals surface area contributed by atoms with Gasteiger partial charge in [-0.05, 0) is 12.8 Å². The van der Waals surface area contributed by atoms with Crippen molar-refractivity contribution < 1.29 is 17.7 Å². The van der Waals surface area contributed by atoms with E-state index in [1.54, 1.807) is 18.6 Å². The molecule has 0 amide bonds.